The molecule has 1 N–H and O–H groups in total. The van der Waals surface area contributed by atoms with Crippen LogP contribution in [0.2, 0.25) is 0 Å². The predicted molar refractivity (Wildman–Crippen MR) is 98.2 cm³/mol. The molecule has 3 rings (SSSR count). The lowest BCUT2D eigenvalue weighted by atomic mass is 10.1. The number of halogens is 1. The van der Waals surface area contributed by atoms with Crippen molar-refractivity contribution in [2.24, 2.45) is 0 Å². The highest BCUT2D eigenvalue weighted by Gasteiger charge is 2.23. The maximum atomic E-state index is 12.5. The molecule has 1 atom stereocenters. The average Bonchev–Trinajstić information content (AvgIpc) is 2.98. The van der Waals surface area contributed by atoms with Gasteiger partial charge in [-0.15, -0.1) is 0 Å². The zero-order valence-corrected chi connectivity index (χ0v) is 15.3. The summed E-state index contributed by atoms with van der Waals surface area (Å²) in [7, 11) is 0. The van der Waals surface area contributed by atoms with E-state index < -0.39 is 0 Å². The van der Waals surface area contributed by atoms with Gasteiger partial charge in [-0.1, -0.05) is 28.1 Å². The normalized spacial score (nSPS) is 14.2. The molecule has 1 unspecified atom stereocenters. The molecule has 0 aromatic heterocycles. The molecule has 0 saturated carbocycles. The number of carbonyl (C=O) groups is 2. The van der Waals surface area contributed by atoms with Crippen LogP contribution < -0.4 is 10.2 Å². The summed E-state index contributed by atoms with van der Waals surface area (Å²) in [6.07, 6.45) is 0.790. The fourth-order valence-corrected chi connectivity index (χ4v) is 3.25. The molecule has 1 heterocycles. The highest BCUT2D eigenvalue weighted by atomic mass is 79.9. The van der Waals surface area contributed by atoms with E-state index in [4.69, 9.17) is 0 Å². The molecular weight excluding hydrogens is 368 g/mol. The van der Waals surface area contributed by atoms with Gasteiger partial charge in [-0.25, -0.2) is 0 Å². The minimum Gasteiger partial charge on any atom is -0.346 e. The second kappa shape index (κ2) is 6.77. The van der Waals surface area contributed by atoms with Crippen molar-refractivity contribution in [3.05, 3.63) is 63.6 Å². The van der Waals surface area contributed by atoms with Crippen molar-refractivity contribution in [3.63, 3.8) is 0 Å². The number of nitrogens with zero attached hydrogens (tertiary/aromatic N) is 1. The van der Waals surface area contributed by atoms with Crippen LogP contribution in [0.25, 0.3) is 0 Å². The smallest absolute Gasteiger partial charge is 0.251 e. The van der Waals surface area contributed by atoms with Crippen molar-refractivity contribution in [2.45, 2.75) is 26.3 Å². The Labute approximate surface area is 150 Å². The van der Waals surface area contributed by atoms with E-state index in [0.29, 0.717) is 12.1 Å². The molecule has 0 radical (unpaired) electrons. The molecule has 1 aliphatic rings. The van der Waals surface area contributed by atoms with Crippen LogP contribution in [0.15, 0.2) is 46.9 Å². The molecule has 0 spiro atoms. The summed E-state index contributed by atoms with van der Waals surface area (Å²) in [5.74, 6) is -0.0655. The number of anilines is 1. The Morgan fingerprint density at radius 2 is 1.88 bits per heavy atom. The predicted octanol–water partition coefficient (Wildman–Crippen LogP) is 3.85. The lowest BCUT2D eigenvalue weighted by Crippen LogP contribution is -2.27. The van der Waals surface area contributed by atoms with Gasteiger partial charge in [-0.2, -0.15) is 0 Å². The maximum Gasteiger partial charge on any atom is 0.251 e. The van der Waals surface area contributed by atoms with Crippen LogP contribution in [0.3, 0.4) is 0 Å². The van der Waals surface area contributed by atoms with E-state index in [-0.39, 0.29) is 17.9 Å². The summed E-state index contributed by atoms with van der Waals surface area (Å²) < 4.78 is 1.01. The summed E-state index contributed by atoms with van der Waals surface area (Å²) in [6, 6.07) is 13.4. The first-order valence-corrected chi connectivity index (χ1v) is 8.72. The number of carbonyl (C=O) groups excluding carboxylic acids is 2. The quantitative estimate of drug-likeness (QED) is 0.870. The third-order valence-electron chi connectivity index (χ3n) is 4.33. The number of hydrogen-bond donors (Lipinski definition) is 1. The fourth-order valence-electron chi connectivity index (χ4n) is 2.98. The number of hydrogen-bond acceptors (Lipinski definition) is 2. The number of nitrogens with one attached hydrogen (secondary N) is 1. The second-order valence-electron chi connectivity index (χ2n) is 6.01. The van der Waals surface area contributed by atoms with Gasteiger partial charge in [-0.05, 0) is 54.8 Å². The van der Waals surface area contributed by atoms with Gasteiger partial charge in [0.05, 0.1) is 6.04 Å². The largest absolute Gasteiger partial charge is 0.346 e. The summed E-state index contributed by atoms with van der Waals surface area (Å²) in [5, 5.41) is 3.02. The van der Waals surface area contributed by atoms with Crippen molar-refractivity contribution >= 4 is 33.4 Å². The Kier molecular flexibility index (Phi) is 4.71. The van der Waals surface area contributed by atoms with Gasteiger partial charge >= 0.3 is 0 Å². The monoisotopic (exact) mass is 386 g/mol. The lowest BCUT2D eigenvalue weighted by molar-refractivity contribution is -0.116. The van der Waals surface area contributed by atoms with Crippen molar-refractivity contribution < 1.29 is 9.59 Å². The molecule has 0 fully saturated rings. The topological polar surface area (TPSA) is 49.4 Å². The molecule has 4 nitrogen and oxygen atoms in total. The average molecular weight is 387 g/mol. The van der Waals surface area contributed by atoms with E-state index in [9.17, 15) is 9.59 Å². The molecule has 5 heteroatoms. The van der Waals surface area contributed by atoms with Crippen LogP contribution in [0, 0.1) is 0 Å². The van der Waals surface area contributed by atoms with Crippen LogP contribution in [-0.4, -0.2) is 18.4 Å². The first-order valence-electron chi connectivity index (χ1n) is 7.93. The van der Waals surface area contributed by atoms with Crippen molar-refractivity contribution in [2.75, 3.05) is 11.4 Å². The third kappa shape index (κ3) is 3.36. The SMILES string of the molecule is CC(=O)N1CCc2cc(C(=O)NC(C)c3ccc(Br)cc3)ccc21. The molecule has 124 valence electrons. The summed E-state index contributed by atoms with van der Waals surface area (Å²) in [4.78, 5) is 25.9. The standard InChI is InChI=1S/C19H19BrN2O2/c1-12(14-3-6-17(20)7-4-14)21-19(24)16-5-8-18-15(11-16)9-10-22(18)13(2)23/h3-8,11-12H,9-10H2,1-2H3,(H,21,24). The van der Waals surface area contributed by atoms with Gasteiger partial charge in [-0.3, -0.25) is 9.59 Å². The van der Waals surface area contributed by atoms with Crippen LogP contribution in [-0.2, 0) is 11.2 Å². The van der Waals surface area contributed by atoms with Gasteiger partial charge in [0.15, 0.2) is 0 Å². The van der Waals surface area contributed by atoms with Gasteiger partial charge < -0.3 is 10.2 Å². The first-order chi connectivity index (χ1) is 11.5. The molecule has 24 heavy (non-hydrogen) atoms. The van der Waals surface area contributed by atoms with Crippen LogP contribution in [0.5, 0.6) is 0 Å². The zero-order chi connectivity index (χ0) is 17.3. The summed E-state index contributed by atoms with van der Waals surface area (Å²) >= 11 is 3.41. The molecule has 0 aliphatic carbocycles. The van der Waals surface area contributed by atoms with Crippen LogP contribution in [0.4, 0.5) is 5.69 Å². The zero-order valence-electron chi connectivity index (χ0n) is 13.7. The van der Waals surface area contributed by atoms with Gasteiger partial charge in [0.1, 0.15) is 0 Å². The Morgan fingerprint density at radius 3 is 2.54 bits per heavy atom. The molecular formula is C19H19BrN2O2. The van der Waals surface area contributed by atoms with E-state index in [1.54, 1.807) is 17.9 Å². The molecule has 1 aliphatic heterocycles. The minimum atomic E-state index is -0.102. The van der Waals surface area contributed by atoms with Crippen LogP contribution >= 0.6 is 15.9 Å². The Bertz CT molecular complexity index is 786. The van der Waals surface area contributed by atoms with E-state index in [1.807, 2.05) is 43.3 Å². The summed E-state index contributed by atoms with van der Waals surface area (Å²) in [5.41, 5.74) is 3.65. The van der Waals surface area contributed by atoms with E-state index in [1.165, 1.54) is 0 Å². The van der Waals surface area contributed by atoms with Crippen LogP contribution in [0.1, 0.15) is 41.4 Å². The maximum absolute atomic E-state index is 12.5. The van der Waals surface area contributed by atoms with E-state index >= 15 is 0 Å². The third-order valence-corrected chi connectivity index (χ3v) is 4.86. The molecule has 2 aromatic carbocycles. The molecule has 0 bridgehead atoms. The molecule has 0 saturated heterocycles. The number of fused-ring (bicyclic) bond motifs is 1. The van der Waals surface area contributed by atoms with E-state index in [0.717, 1.165) is 27.7 Å². The lowest BCUT2D eigenvalue weighted by Gasteiger charge is -2.16. The fraction of sp³-hybridized carbons (Fsp3) is 0.263. The Hall–Kier alpha value is -2.14. The number of benzene rings is 2. The molecule has 2 amide bonds. The van der Waals surface area contributed by atoms with Crippen molar-refractivity contribution in [1.82, 2.24) is 5.32 Å². The summed E-state index contributed by atoms with van der Waals surface area (Å²) in [6.45, 7) is 4.21. The number of rotatable bonds is 3. The Balaban J connectivity index is 1.74. The first kappa shape index (κ1) is 16.7. The van der Waals surface area contributed by atoms with Gasteiger partial charge in [0, 0.05) is 29.2 Å². The molecule has 2 aromatic rings. The van der Waals surface area contributed by atoms with Crippen molar-refractivity contribution in [1.29, 1.82) is 0 Å². The van der Waals surface area contributed by atoms with Crippen molar-refractivity contribution in [3.8, 4) is 0 Å². The number of amides is 2. The van der Waals surface area contributed by atoms with Gasteiger partial charge in [0.2, 0.25) is 5.91 Å². The van der Waals surface area contributed by atoms with Gasteiger partial charge in [0.25, 0.3) is 5.91 Å². The second-order valence-corrected chi connectivity index (χ2v) is 6.93. The minimum absolute atomic E-state index is 0.0369. The Morgan fingerprint density at radius 1 is 1.17 bits per heavy atom. The highest BCUT2D eigenvalue weighted by Crippen LogP contribution is 2.29. The van der Waals surface area contributed by atoms with E-state index in [2.05, 4.69) is 21.2 Å². The highest BCUT2D eigenvalue weighted by molar-refractivity contribution is 9.10.